The molecule has 0 bridgehead atoms. The number of hydrogen-bond acceptors (Lipinski definition) is 5. The number of carbonyl (C=O) groups excluding carboxylic acids is 3. The summed E-state index contributed by atoms with van der Waals surface area (Å²) in [5, 5.41) is 6.23. The van der Waals surface area contributed by atoms with Crippen molar-refractivity contribution in [3.8, 4) is 5.75 Å². The third-order valence-corrected chi connectivity index (χ3v) is 6.12. The van der Waals surface area contributed by atoms with E-state index in [1.165, 1.54) is 31.4 Å². The van der Waals surface area contributed by atoms with Crippen LogP contribution < -0.4 is 20.3 Å². The summed E-state index contributed by atoms with van der Waals surface area (Å²) in [6.45, 7) is 0. The molecule has 0 aliphatic carbocycles. The smallest absolute Gasteiger partial charge is 0.283 e. The maximum Gasteiger partial charge on any atom is 0.283 e. The van der Waals surface area contributed by atoms with Crippen LogP contribution in [0.1, 0.15) is 10.4 Å². The number of rotatable bonds is 6. The molecule has 0 atom stereocenters. The lowest BCUT2D eigenvalue weighted by atomic mass is 10.1. The van der Waals surface area contributed by atoms with E-state index >= 15 is 0 Å². The van der Waals surface area contributed by atoms with Gasteiger partial charge in [-0.15, -0.1) is 0 Å². The van der Waals surface area contributed by atoms with Gasteiger partial charge in [-0.05, 0) is 54.6 Å². The summed E-state index contributed by atoms with van der Waals surface area (Å²) in [5.41, 5.74) is 1.000. The first-order valence-electron chi connectivity index (χ1n) is 9.95. The van der Waals surface area contributed by atoms with Crippen LogP contribution in [0.4, 0.5) is 17.1 Å². The molecular weight excluding hydrogens is 536 g/mol. The Morgan fingerprint density at radius 3 is 2.31 bits per heavy atom. The van der Waals surface area contributed by atoms with E-state index in [9.17, 15) is 14.4 Å². The summed E-state index contributed by atoms with van der Waals surface area (Å²) >= 11 is 24.3. The van der Waals surface area contributed by atoms with Crippen LogP contribution >= 0.6 is 46.4 Å². The number of methoxy groups -OCH3 is 1. The van der Waals surface area contributed by atoms with Gasteiger partial charge in [-0.1, -0.05) is 52.5 Å². The zero-order chi connectivity index (χ0) is 25.3. The Bertz CT molecular complexity index is 1410. The van der Waals surface area contributed by atoms with Crippen molar-refractivity contribution in [1.82, 2.24) is 0 Å². The Morgan fingerprint density at radius 2 is 1.60 bits per heavy atom. The second kappa shape index (κ2) is 10.2. The van der Waals surface area contributed by atoms with Crippen LogP contribution in [0.25, 0.3) is 0 Å². The quantitative estimate of drug-likeness (QED) is 0.349. The van der Waals surface area contributed by atoms with Crippen molar-refractivity contribution in [3.63, 3.8) is 0 Å². The normalized spacial score (nSPS) is 13.3. The van der Waals surface area contributed by atoms with Crippen LogP contribution in [0.5, 0.6) is 5.75 Å². The van der Waals surface area contributed by atoms with E-state index in [1.54, 1.807) is 36.4 Å². The van der Waals surface area contributed by atoms with Crippen molar-refractivity contribution >= 4 is 81.2 Å². The van der Waals surface area contributed by atoms with Crippen LogP contribution in [0.2, 0.25) is 15.1 Å². The number of amides is 3. The third-order valence-electron chi connectivity index (χ3n) is 4.98. The number of anilines is 3. The van der Waals surface area contributed by atoms with Gasteiger partial charge in [0.25, 0.3) is 17.7 Å². The van der Waals surface area contributed by atoms with Crippen molar-refractivity contribution in [2.24, 2.45) is 0 Å². The van der Waals surface area contributed by atoms with Crippen LogP contribution in [-0.4, -0.2) is 24.8 Å². The van der Waals surface area contributed by atoms with Crippen LogP contribution in [0.3, 0.4) is 0 Å². The fourth-order valence-electron chi connectivity index (χ4n) is 3.34. The Hall–Kier alpha value is -3.23. The number of nitrogens with zero attached hydrogens (tertiary/aromatic N) is 1. The number of hydrogen-bond donors (Lipinski definition) is 2. The summed E-state index contributed by atoms with van der Waals surface area (Å²) < 4.78 is 5.26. The first-order chi connectivity index (χ1) is 16.7. The van der Waals surface area contributed by atoms with Gasteiger partial charge >= 0.3 is 0 Å². The molecule has 4 rings (SSSR count). The highest BCUT2D eigenvalue weighted by Gasteiger charge is 2.40. The summed E-state index contributed by atoms with van der Waals surface area (Å²) in [6, 6.07) is 15.5. The molecule has 7 nitrogen and oxygen atoms in total. The largest absolute Gasteiger partial charge is 0.495 e. The van der Waals surface area contributed by atoms with Crippen molar-refractivity contribution in [3.05, 3.63) is 92.0 Å². The molecule has 0 spiro atoms. The summed E-state index contributed by atoms with van der Waals surface area (Å²) in [5.74, 6) is -1.63. The maximum atomic E-state index is 13.1. The zero-order valence-electron chi connectivity index (χ0n) is 17.9. The molecule has 178 valence electrons. The summed E-state index contributed by atoms with van der Waals surface area (Å²) in [6.07, 6.45) is 0. The highest BCUT2D eigenvalue weighted by atomic mass is 35.5. The number of benzene rings is 3. The third kappa shape index (κ3) is 5.09. The lowest BCUT2D eigenvalue weighted by Gasteiger charge is -2.18. The van der Waals surface area contributed by atoms with Crippen molar-refractivity contribution in [1.29, 1.82) is 0 Å². The van der Waals surface area contributed by atoms with Gasteiger partial charge in [0.05, 0.1) is 23.5 Å². The molecule has 1 aliphatic rings. The molecule has 0 fully saturated rings. The summed E-state index contributed by atoms with van der Waals surface area (Å²) in [4.78, 5) is 39.6. The molecule has 0 aromatic heterocycles. The van der Waals surface area contributed by atoms with Crippen molar-refractivity contribution in [2.45, 2.75) is 0 Å². The van der Waals surface area contributed by atoms with Crippen molar-refractivity contribution in [2.75, 3.05) is 22.6 Å². The molecule has 1 aliphatic heterocycles. The topological polar surface area (TPSA) is 87.7 Å². The zero-order valence-corrected chi connectivity index (χ0v) is 20.9. The molecular formula is C24H15Cl4N3O4. The Kier molecular flexibility index (Phi) is 7.23. The average Bonchev–Trinajstić information content (AvgIpc) is 3.04. The molecule has 1 heterocycles. The minimum Gasteiger partial charge on any atom is -0.495 e. The van der Waals surface area contributed by atoms with E-state index < -0.39 is 17.7 Å². The van der Waals surface area contributed by atoms with Gasteiger partial charge < -0.3 is 15.4 Å². The van der Waals surface area contributed by atoms with Gasteiger partial charge in [0.1, 0.15) is 16.5 Å². The number of halogens is 4. The Morgan fingerprint density at radius 1 is 0.886 bits per heavy atom. The summed E-state index contributed by atoms with van der Waals surface area (Å²) in [7, 11) is 1.40. The predicted molar refractivity (Wildman–Crippen MR) is 138 cm³/mol. The molecule has 2 N–H and O–H groups in total. The molecule has 11 heteroatoms. The van der Waals surface area contributed by atoms with Crippen LogP contribution in [0.15, 0.2) is 71.4 Å². The van der Waals surface area contributed by atoms with E-state index in [2.05, 4.69) is 10.6 Å². The lowest BCUT2D eigenvalue weighted by Crippen LogP contribution is -2.32. The van der Waals surface area contributed by atoms with E-state index in [4.69, 9.17) is 51.1 Å². The molecule has 0 radical (unpaired) electrons. The standard InChI is InChI=1S/C24H15Cl4N3O4/c1-35-19-8-6-14(26)11-18(19)31-23(33)20(28)21(24(31)34)29-15-4-2-3-12(9-15)22(32)30-17-7-5-13(25)10-16(17)27/h2-11,29H,1H3,(H,30,32). The second-order valence-electron chi connectivity index (χ2n) is 7.23. The molecule has 3 aromatic carbocycles. The fourth-order valence-corrected chi connectivity index (χ4v) is 4.17. The fraction of sp³-hybridized carbons (Fsp3) is 0.0417. The van der Waals surface area contributed by atoms with E-state index in [1.807, 2.05) is 0 Å². The monoisotopic (exact) mass is 549 g/mol. The molecule has 0 saturated carbocycles. The Balaban J connectivity index is 1.57. The highest BCUT2D eigenvalue weighted by Crippen LogP contribution is 2.37. The molecule has 3 aromatic rings. The number of carbonyl (C=O) groups is 3. The minimum atomic E-state index is -0.744. The van der Waals surface area contributed by atoms with Gasteiger partial charge in [0, 0.05) is 21.3 Å². The van der Waals surface area contributed by atoms with E-state index in [-0.39, 0.29) is 32.8 Å². The SMILES string of the molecule is COc1ccc(Cl)cc1N1C(=O)C(Cl)=C(Nc2cccc(C(=O)Nc3ccc(Cl)cc3Cl)c2)C1=O. The van der Waals surface area contributed by atoms with Gasteiger partial charge in [-0.3, -0.25) is 14.4 Å². The first-order valence-corrected chi connectivity index (χ1v) is 11.5. The first kappa shape index (κ1) is 24.9. The van der Waals surface area contributed by atoms with Gasteiger partial charge in [0.15, 0.2) is 0 Å². The highest BCUT2D eigenvalue weighted by molar-refractivity contribution is 6.53. The van der Waals surface area contributed by atoms with Gasteiger partial charge in [-0.2, -0.15) is 0 Å². The maximum absolute atomic E-state index is 13.1. The van der Waals surface area contributed by atoms with E-state index in [0.29, 0.717) is 21.4 Å². The molecule has 35 heavy (non-hydrogen) atoms. The molecule has 3 amide bonds. The van der Waals surface area contributed by atoms with Gasteiger partial charge in [0.2, 0.25) is 0 Å². The lowest BCUT2D eigenvalue weighted by molar-refractivity contribution is -0.120. The number of imide groups is 1. The molecule has 0 unspecified atom stereocenters. The van der Waals surface area contributed by atoms with Gasteiger partial charge in [-0.25, -0.2) is 4.90 Å². The molecule has 0 saturated heterocycles. The van der Waals surface area contributed by atoms with Crippen LogP contribution in [0, 0.1) is 0 Å². The number of ether oxygens (including phenoxy) is 1. The second-order valence-corrected chi connectivity index (χ2v) is 8.89. The number of nitrogens with one attached hydrogen (secondary N) is 2. The minimum absolute atomic E-state index is 0.151. The Labute approximate surface area is 220 Å². The van der Waals surface area contributed by atoms with Crippen molar-refractivity contribution < 1.29 is 19.1 Å². The van der Waals surface area contributed by atoms with E-state index in [0.717, 1.165) is 4.90 Å². The average molecular weight is 551 g/mol. The predicted octanol–water partition coefficient (Wildman–Crippen LogP) is 6.34. The van der Waals surface area contributed by atoms with Crippen LogP contribution in [-0.2, 0) is 9.59 Å².